The number of hydrogen-bond donors (Lipinski definition) is 2. The van der Waals surface area contributed by atoms with E-state index in [0.717, 1.165) is 32.0 Å². The Hall–Kier alpha value is -0.770. The number of fused-ring (bicyclic) bond motifs is 1. The zero-order chi connectivity index (χ0) is 9.54. The molecule has 2 aliphatic heterocycles. The van der Waals surface area contributed by atoms with Crippen LogP contribution in [0.3, 0.4) is 0 Å². The van der Waals surface area contributed by atoms with Gasteiger partial charge >= 0.3 is 6.03 Å². The van der Waals surface area contributed by atoms with Crippen molar-refractivity contribution in [3.05, 3.63) is 0 Å². The minimum atomic E-state index is 0.163. The van der Waals surface area contributed by atoms with E-state index in [2.05, 4.69) is 15.5 Å². The van der Waals surface area contributed by atoms with E-state index in [-0.39, 0.29) is 6.03 Å². The molecule has 2 amide bonds. The van der Waals surface area contributed by atoms with Crippen LogP contribution in [-0.2, 0) is 0 Å². The van der Waals surface area contributed by atoms with Crippen LogP contribution in [0.1, 0.15) is 19.3 Å². The molecule has 2 heterocycles. The summed E-state index contributed by atoms with van der Waals surface area (Å²) in [5.41, 5.74) is 0. The summed E-state index contributed by atoms with van der Waals surface area (Å²) < 4.78 is 0. The molecule has 3 rings (SSSR count). The number of carbonyl (C=O) groups is 1. The topological polar surface area (TPSA) is 44.4 Å². The molecular weight excluding hydrogens is 178 g/mol. The quantitative estimate of drug-likeness (QED) is 0.659. The van der Waals surface area contributed by atoms with E-state index < -0.39 is 0 Å². The summed E-state index contributed by atoms with van der Waals surface area (Å²) in [5, 5.41) is 6.45. The van der Waals surface area contributed by atoms with E-state index >= 15 is 0 Å². The Morgan fingerprint density at radius 2 is 2.21 bits per heavy atom. The molecule has 4 heteroatoms. The van der Waals surface area contributed by atoms with Crippen LogP contribution < -0.4 is 10.6 Å². The van der Waals surface area contributed by atoms with E-state index in [0.29, 0.717) is 12.1 Å². The van der Waals surface area contributed by atoms with Crippen molar-refractivity contribution >= 4 is 6.03 Å². The van der Waals surface area contributed by atoms with Gasteiger partial charge in [-0.05, 0) is 31.7 Å². The average Bonchev–Trinajstić information content (AvgIpc) is 2.93. The third kappa shape index (κ3) is 1.38. The van der Waals surface area contributed by atoms with Crippen molar-refractivity contribution in [3.8, 4) is 0 Å². The molecule has 2 N–H and O–H groups in total. The maximum absolute atomic E-state index is 11.7. The van der Waals surface area contributed by atoms with Gasteiger partial charge in [0.2, 0.25) is 0 Å². The van der Waals surface area contributed by atoms with Gasteiger partial charge in [0, 0.05) is 13.1 Å². The lowest BCUT2D eigenvalue weighted by molar-refractivity contribution is 0.191. The van der Waals surface area contributed by atoms with Crippen molar-refractivity contribution in [2.75, 3.05) is 19.6 Å². The molecule has 0 unspecified atom stereocenters. The summed E-state index contributed by atoms with van der Waals surface area (Å²) in [4.78, 5) is 13.7. The molecule has 0 spiro atoms. The van der Waals surface area contributed by atoms with E-state index in [1.807, 2.05) is 0 Å². The second-order valence-electron chi connectivity index (χ2n) is 4.71. The summed E-state index contributed by atoms with van der Waals surface area (Å²) in [6.45, 7) is 2.99. The first-order valence-electron chi connectivity index (χ1n) is 5.62. The highest BCUT2D eigenvalue weighted by Gasteiger charge is 2.42. The molecule has 2 saturated heterocycles. The van der Waals surface area contributed by atoms with Gasteiger partial charge in [0.05, 0.1) is 12.1 Å². The summed E-state index contributed by atoms with van der Waals surface area (Å²) in [5.74, 6) is 0.793. The minimum Gasteiger partial charge on any atom is -0.333 e. The van der Waals surface area contributed by atoms with Crippen LogP contribution in [0.4, 0.5) is 4.79 Å². The number of urea groups is 1. The summed E-state index contributed by atoms with van der Waals surface area (Å²) >= 11 is 0. The predicted molar refractivity (Wildman–Crippen MR) is 53.0 cm³/mol. The first-order chi connectivity index (χ1) is 6.84. The fourth-order valence-corrected chi connectivity index (χ4v) is 2.53. The highest BCUT2D eigenvalue weighted by Crippen LogP contribution is 2.32. The first kappa shape index (κ1) is 8.53. The summed E-state index contributed by atoms with van der Waals surface area (Å²) in [6.07, 6.45) is 3.71. The lowest BCUT2D eigenvalue weighted by Gasteiger charge is -2.30. The van der Waals surface area contributed by atoms with Crippen molar-refractivity contribution in [2.45, 2.75) is 31.3 Å². The van der Waals surface area contributed by atoms with E-state index in [1.165, 1.54) is 12.8 Å². The number of hydrogen-bond acceptors (Lipinski definition) is 2. The molecule has 0 radical (unpaired) electrons. The third-order valence-electron chi connectivity index (χ3n) is 3.57. The van der Waals surface area contributed by atoms with Gasteiger partial charge in [0.1, 0.15) is 0 Å². The number of rotatable bonds is 2. The number of nitrogens with one attached hydrogen (secondary N) is 2. The smallest absolute Gasteiger partial charge is 0.318 e. The Morgan fingerprint density at radius 3 is 3.00 bits per heavy atom. The SMILES string of the molecule is O=C1N[C@H]2CCNC[C@H]2N1CC1CC1. The van der Waals surface area contributed by atoms with Crippen LogP contribution in [0.5, 0.6) is 0 Å². The third-order valence-corrected chi connectivity index (χ3v) is 3.57. The highest BCUT2D eigenvalue weighted by molar-refractivity contribution is 5.77. The molecule has 4 nitrogen and oxygen atoms in total. The normalized spacial score (nSPS) is 36.9. The molecular formula is C10H17N3O. The van der Waals surface area contributed by atoms with Crippen LogP contribution in [-0.4, -0.2) is 42.6 Å². The maximum atomic E-state index is 11.7. The Kier molecular flexibility index (Phi) is 1.90. The van der Waals surface area contributed by atoms with E-state index in [9.17, 15) is 4.79 Å². The van der Waals surface area contributed by atoms with Gasteiger partial charge in [-0.2, -0.15) is 0 Å². The number of amides is 2. The van der Waals surface area contributed by atoms with Crippen molar-refractivity contribution in [1.82, 2.24) is 15.5 Å². The minimum absolute atomic E-state index is 0.163. The Labute approximate surface area is 84.0 Å². The van der Waals surface area contributed by atoms with Gasteiger partial charge in [-0.25, -0.2) is 4.79 Å². The molecule has 14 heavy (non-hydrogen) atoms. The number of carbonyl (C=O) groups excluding carboxylic acids is 1. The van der Waals surface area contributed by atoms with Crippen LogP contribution in [0.2, 0.25) is 0 Å². The van der Waals surface area contributed by atoms with Crippen LogP contribution >= 0.6 is 0 Å². The first-order valence-corrected chi connectivity index (χ1v) is 5.62. The van der Waals surface area contributed by atoms with Crippen LogP contribution in [0.15, 0.2) is 0 Å². The second kappa shape index (κ2) is 3.12. The molecule has 78 valence electrons. The highest BCUT2D eigenvalue weighted by atomic mass is 16.2. The summed E-state index contributed by atoms with van der Waals surface area (Å²) in [7, 11) is 0. The Balaban J connectivity index is 1.70. The van der Waals surface area contributed by atoms with Gasteiger partial charge in [-0.3, -0.25) is 0 Å². The molecule has 1 saturated carbocycles. The molecule has 2 atom stereocenters. The molecule has 0 aromatic carbocycles. The fourth-order valence-electron chi connectivity index (χ4n) is 2.53. The molecule has 0 bridgehead atoms. The van der Waals surface area contributed by atoms with Gasteiger partial charge < -0.3 is 15.5 Å². The lowest BCUT2D eigenvalue weighted by atomic mass is 10.0. The van der Waals surface area contributed by atoms with E-state index in [1.54, 1.807) is 0 Å². The van der Waals surface area contributed by atoms with Gasteiger partial charge in [-0.15, -0.1) is 0 Å². The zero-order valence-corrected chi connectivity index (χ0v) is 8.33. The number of nitrogens with zero attached hydrogens (tertiary/aromatic N) is 1. The molecule has 0 aromatic heterocycles. The van der Waals surface area contributed by atoms with Gasteiger partial charge in [0.25, 0.3) is 0 Å². The maximum Gasteiger partial charge on any atom is 0.318 e. The fraction of sp³-hybridized carbons (Fsp3) is 0.900. The Morgan fingerprint density at radius 1 is 1.36 bits per heavy atom. The second-order valence-corrected chi connectivity index (χ2v) is 4.71. The van der Waals surface area contributed by atoms with Crippen molar-refractivity contribution in [3.63, 3.8) is 0 Å². The Bertz CT molecular complexity index is 252. The number of piperidine rings is 1. The van der Waals surface area contributed by atoms with Crippen LogP contribution in [0, 0.1) is 5.92 Å². The monoisotopic (exact) mass is 195 g/mol. The standard InChI is InChI=1S/C10H17N3O/c14-10-12-8-3-4-11-5-9(8)13(10)6-7-1-2-7/h7-9,11H,1-6H2,(H,12,14)/t8-,9+/m0/s1. The van der Waals surface area contributed by atoms with Crippen molar-refractivity contribution in [1.29, 1.82) is 0 Å². The van der Waals surface area contributed by atoms with Crippen LogP contribution in [0.25, 0.3) is 0 Å². The molecule has 3 fully saturated rings. The molecule has 0 aromatic rings. The molecule has 1 aliphatic carbocycles. The zero-order valence-electron chi connectivity index (χ0n) is 8.33. The van der Waals surface area contributed by atoms with Gasteiger partial charge in [-0.1, -0.05) is 0 Å². The van der Waals surface area contributed by atoms with Crippen molar-refractivity contribution < 1.29 is 4.79 Å². The average molecular weight is 195 g/mol. The predicted octanol–water partition coefficient (Wildman–Crippen LogP) is 0.152. The summed E-state index contributed by atoms with van der Waals surface area (Å²) in [6, 6.07) is 0.981. The molecule has 3 aliphatic rings. The van der Waals surface area contributed by atoms with E-state index in [4.69, 9.17) is 0 Å². The van der Waals surface area contributed by atoms with Gasteiger partial charge in [0.15, 0.2) is 0 Å². The lowest BCUT2D eigenvalue weighted by Crippen LogP contribution is -2.50. The van der Waals surface area contributed by atoms with Crippen molar-refractivity contribution in [2.24, 2.45) is 5.92 Å². The largest absolute Gasteiger partial charge is 0.333 e.